The molecule has 0 bridgehead atoms. The minimum Gasteiger partial charge on any atom is -0.481 e. The number of carboxylic acids is 1. The summed E-state index contributed by atoms with van der Waals surface area (Å²) in [7, 11) is 1.59. The monoisotopic (exact) mass is 243 g/mol. The molecule has 5 heteroatoms. The SMILES string of the molecule is CCC(CN(C)c1ccc(F)cc1F)C(=O)O. The third-order valence-electron chi connectivity index (χ3n) is 2.66. The van der Waals surface area contributed by atoms with Crippen molar-refractivity contribution < 1.29 is 18.7 Å². The van der Waals surface area contributed by atoms with Crippen LogP contribution in [0.2, 0.25) is 0 Å². The first-order valence-corrected chi connectivity index (χ1v) is 5.34. The standard InChI is InChI=1S/C12H15F2NO2/c1-3-8(12(16)17)7-15(2)11-5-4-9(13)6-10(11)14/h4-6,8H,3,7H2,1-2H3,(H,16,17). The van der Waals surface area contributed by atoms with E-state index < -0.39 is 23.5 Å². The van der Waals surface area contributed by atoms with Gasteiger partial charge in [0.05, 0.1) is 11.6 Å². The second-order valence-corrected chi connectivity index (χ2v) is 3.92. The lowest BCUT2D eigenvalue weighted by Gasteiger charge is -2.23. The van der Waals surface area contributed by atoms with Gasteiger partial charge in [-0.3, -0.25) is 4.79 Å². The van der Waals surface area contributed by atoms with E-state index in [1.54, 1.807) is 14.0 Å². The Bertz CT molecular complexity index is 409. The van der Waals surface area contributed by atoms with Gasteiger partial charge >= 0.3 is 5.97 Å². The number of hydrogen-bond donors (Lipinski definition) is 1. The summed E-state index contributed by atoms with van der Waals surface area (Å²) in [6, 6.07) is 3.24. The van der Waals surface area contributed by atoms with Crippen LogP contribution < -0.4 is 4.90 Å². The minimum absolute atomic E-state index is 0.189. The van der Waals surface area contributed by atoms with Gasteiger partial charge in [-0.25, -0.2) is 8.78 Å². The fraction of sp³-hybridized carbons (Fsp3) is 0.417. The maximum atomic E-state index is 13.4. The fourth-order valence-corrected chi connectivity index (χ4v) is 1.60. The summed E-state index contributed by atoms with van der Waals surface area (Å²) in [6.07, 6.45) is 0.461. The van der Waals surface area contributed by atoms with Crippen LogP contribution in [0.1, 0.15) is 13.3 Å². The summed E-state index contributed by atoms with van der Waals surface area (Å²) in [4.78, 5) is 12.3. The Morgan fingerprint density at radius 1 is 1.47 bits per heavy atom. The van der Waals surface area contributed by atoms with Crippen molar-refractivity contribution in [3.8, 4) is 0 Å². The van der Waals surface area contributed by atoms with Crippen LogP contribution in [0.3, 0.4) is 0 Å². The van der Waals surface area contributed by atoms with E-state index in [9.17, 15) is 13.6 Å². The van der Waals surface area contributed by atoms with Gasteiger partial charge in [0, 0.05) is 19.7 Å². The van der Waals surface area contributed by atoms with Gasteiger partial charge < -0.3 is 10.0 Å². The summed E-state index contributed by atoms with van der Waals surface area (Å²) in [5.41, 5.74) is 0.200. The molecule has 0 amide bonds. The summed E-state index contributed by atoms with van der Waals surface area (Å²) < 4.78 is 26.1. The maximum absolute atomic E-state index is 13.4. The number of carboxylic acid groups (broad SMARTS) is 1. The van der Waals surface area contributed by atoms with E-state index in [0.29, 0.717) is 6.42 Å². The number of hydrogen-bond acceptors (Lipinski definition) is 2. The van der Waals surface area contributed by atoms with Crippen LogP contribution in [0.25, 0.3) is 0 Å². The molecule has 0 saturated carbocycles. The topological polar surface area (TPSA) is 40.5 Å². The molecule has 0 aliphatic rings. The van der Waals surface area contributed by atoms with E-state index >= 15 is 0 Å². The molecule has 1 aromatic rings. The lowest BCUT2D eigenvalue weighted by Crippen LogP contribution is -2.30. The molecule has 1 N–H and O–H groups in total. The molecule has 94 valence electrons. The van der Waals surface area contributed by atoms with Crippen LogP contribution in [-0.2, 0) is 4.79 Å². The Labute approximate surface area is 98.7 Å². The normalized spacial score (nSPS) is 12.2. The molecule has 1 rings (SSSR count). The molecular weight excluding hydrogens is 228 g/mol. The minimum atomic E-state index is -0.915. The largest absolute Gasteiger partial charge is 0.481 e. The molecule has 0 radical (unpaired) electrons. The Kier molecular flexibility index (Phi) is 4.43. The Balaban J connectivity index is 2.82. The van der Waals surface area contributed by atoms with Gasteiger partial charge in [0.1, 0.15) is 11.6 Å². The van der Waals surface area contributed by atoms with E-state index in [-0.39, 0.29) is 12.2 Å². The van der Waals surface area contributed by atoms with Crippen LogP contribution in [0.5, 0.6) is 0 Å². The Hall–Kier alpha value is -1.65. The van der Waals surface area contributed by atoms with Crippen molar-refractivity contribution in [1.82, 2.24) is 0 Å². The summed E-state index contributed by atoms with van der Waals surface area (Å²) in [5, 5.41) is 8.90. The van der Waals surface area contributed by atoms with Gasteiger partial charge in [-0.2, -0.15) is 0 Å². The maximum Gasteiger partial charge on any atom is 0.308 e. The van der Waals surface area contributed by atoms with Crippen LogP contribution in [0, 0.1) is 17.6 Å². The first kappa shape index (κ1) is 13.4. The van der Waals surface area contributed by atoms with Crippen molar-refractivity contribution in [3.63, 3.8) is 0 Å². The lowest BCUT2D eigenvalue weighted by atomic mass is 10.1. The molecule has 0 aliphatic carbocycles. The number of anilines is 1. The molecule has 1 unspecified atom stereocenters. The smallest absolute Gasteiger partial charge is 0.308 e. The predicted molar refractivity (Wildman–Crippen MR) is 61.0 cm³/mol. The molecule has 0 fully saturated rings. The highest BCUT2D eigenvalue weighted by Crippen LogP contribution is 2.20. The lowest BCUT2D eigenvalue weighted by molar-refractivity contribution is -0.141. The summed E-state index contributed by atoms with van der Waals surface area (Å²) >= 11 is 0. The predicted octanol–water partition coefficient (Wildman–Crippen LogP) is 2.51. The molecule has 0 spiro atoms. The third-order valence-corrected chi connectivity index (χ3v) is 2.66. The highest BCUT2D eigenvalue weighted by atomic mass is 19.1. The Morgan fingerprint density at radius 3 is 2.59 bits per heavy atom. The highest BCUT2D eigenvalue weighted by Gasteiger charge is 2.19. The first-order chi connectivity index (χ1) is 7.95. The number of aliphatic carboxylic acids is 1. The van der Waals surface area contributed by atoms with Gasteiger partial charge in [-0.15, -0.1) is 0 Å². The molecule has 1 aromatic carbocycles. The zero-order chi connectivity index (χ0) is 13.0. The zero-order valence-corrected chi connectivity index (χ0v) is 9.78. The molecule has 0 aromatic heterocycles. The number of benzene rings is 1. The first-order valence-electron chi connectivity index (χ1n) is 5.34. The zero-order valence-electron chi connectivity index (χ0n) is 9.78. The fourth-order valence-electron chi connectivity index (χ4n) is 1.60. The van der Waals surface area contributed by atoms with Crippen LogP contribution in [-0.4, -0.2) is 24.7 Å². The van der Waals surface area contributed by atoms with E-state index in [1.807, 2.05) is 0 Å². The van der Waals surface area contributed by atoms with Crippen molar-refractivity contribution in [1.29, 1.82) is 0 Å². The number of halogens is 2. The van der Waals surface area contributed by atoms with Crippen molar-refractivity contribution >= 4 is 11.7 Å². The molecule has 17 heavy (non-hydrogen) atoms. The summed E-state index contributed by atoms with van der Waals surface area (Å²) in [5.74, 6) is -2.82. The summed E-state index contributed by atoms with van der Waals surface area (Å²) in [6.45, 7) is 1.95. The number of carbonyl (C=O) groups is 1. The van der Waals surface area contributed by atoms with Crippen molar-refractivity contribution in [2.24, 2.45) is 5.92 Å². The number of rotatable bonds is 5. The molecule has 0 aliphatic heterocycles. The quantitative estimate of drug-likeness (QED) is 0.863. The highest BCUT2D eigenvalue weighted by molar-refractivity contribution is 5.71. The van der Waals surface area contributed by atoms with Crippen LogP contribution >= 0.6 is 0 Å². The van der Waals surface area contributed by atoms with Gasteiger partial charge in [0.15, 0.2) is 0 Å². The van der Waals surface area contributed by atoms with Gasteiger partial charge in [-0.05, 0) is 18.6 Å². The third kappa shape index (κ3) is 3.41. The van der Waals surface area contributed by atoms with Crippen LogP contribution in [0.15, 0.2) is 18.2 Å². The number of nitrogens with zero attached hydrogens (tertiary/aromatic N) is 1. The van der Waals surface area contributed by atoms with Crippen LogP contribution in [0.4, 0.5) is 14.5 Å². The van der Waals surface area contributed by atoms with Gasteiger partial charge in [0.2, 0.25) is 0 Å². The van der Waals surface area contributed by atoms with Gasteiger partial charge in [-0.1, -0.05) is 6.92 Å². The van der Waals surface area contributed by atoms with E-state index in [1.165, 1.54) is 11.0 Å². The van der Waals surface area contributed by atoms with Crippen molar-refractivity contribution in [3.05, 3.63) is 29.8 Å². The van der Waals surface area contributed by atoms with E-state index in [4.69, 9.17) is 5.11 Å². The van der Waals surface area contributed by atoms with Gasteiger partial charge in [0.25, 0.3) is 0 Å². The molecule has 0 saturated heterocycles. The van der Waals surface area contributed by atoms with E-state index in [2.05, 4.69) is 0 Å². The van der Waals surface area contributed by atoms with E-state index in [0.717, 1.165) is 12.1 Å². The molecule has 0 heterocycles. The second kappa shape index (κ2) is 5.61. The van der Waals surface area contributed by atoms with Crippen molar-refractivity contribution in [2.75, 3.05) is 18.5 Å². The molecule has 3 nitrogen and oxygen atoms in total. The van der Waals surface area contributed by atoms with Crippen molar-refractivity contribution in [2.45, 2.75) is 13.3 Å². The Morgan fingerprint density at radius 2 is 2.12 bits per heavy atom. The molecular formula is C12H15F2NO2. The second-order valence-electron chi connectivity index (χ2n) is 3.92. The average Bonchev–Trinajstić information content (AvgIpc) is 2.24. The molecule has 1 atom stereocenters. The average molecular weight is 243 g/mol.